The highest BCUT2D eigenvalue weighted by atomic mass is 35.5. The number of hydrogen-bond donors (Lipinski definition) is 1. The minimum atomic E-state index is -0.549. The van der Waals surface area contributed by atoms with Crippen LogP contribution in [0.4, 0.5) is 4.39 Å². The second-order valence-electron chi connectivity index (χ2n) is 4.45. The fraction of sp³-hybridized carbons (Fsp3) is 0.462. The normalized spacial score (nSPS) is 19.3. The van der Waals surface area contributed by atoms with Crippen molar-refractivity contribution in [2.75, 3.05) is 20.1 Å². The Morgan fingerprint density at radius 2 is 2.39 bits per heavy atom. The molecule has 1 amide bonds. The van der Waals surface area contributed by atoms with Crippen molar-refractivity contribution in [3.8, 4) is 0 Å². The number of nitrogens with one attached hydrogen (secondary N) is 1. The van der Waals surface area contributed by atoms with E-state index in [1.807, 2.05) is 7.05 Å². The highest BCUT2D eigenvalue weighted by molar-refractivity contribution is 6.34. The van der Waals surface area contributed by atoms with Crippen molar-refractivity contribution >= 4 is 17.5 Å². The zero-order valence-electron chi connectivity index (χ0n) is 10.2. The van der Waals surface area contributed by atoms with E-state index in [0.717, 1.165) is 19.4 Å². The predicted molar refractivity (Wildman–Crippen MR) is 69.4 cm³/mol. The van der Waals surface area contributed by atoms with Gasteiger partial charge in [-0.3, -0.25) is 4.79 Å². The van der Waals surface area contributed by atoms with Crippen molar-refractivity contribution in [2.45, 2.75) is 18.9 Å². The first kappa shape index (κ1) is 13.3. The highest BCUT2D eigenvalue weighted by Gasteiger charge is 2.30. The molecule has 0 aromatic heterocycles. The minimum absolute atomic E-state index is 0.0855. The van der Waals surface area contributed by atoms with E-state index in [1.165, 1.54) is 12.1 Å². The summed E-state index contributed by atoms with van der Waals surface area (Å²) in [5.74, 6) is -0.732. The van der Waals surface area contributed by atoms with E-state index in [4.69, 9.17) is 11.6 Å². The van der Waals surface area contributed by atoms with Crippen molar-refractivity contribution < 1.29 is 9.18 Å². The summed E-state index contributed by atoms with van der Waals surface area (Å²) < 4.78 is 13.4. The number of rotatable bonds is 3. The zero-order valence-corrected chi connectivity index (χ0v) is 11.0. The quantitative estimate of drug-likeness (QED) is 0.914. The monoisotopic (exact) mass is 270 g/mol. The van der Waals surface area contributed by atoms with Crippen molar-refractivity contribution in [3.05, 3.63) is 34.6 Å². The molecule has 1 fully saturated rings. The zero-order chi connectivity index (χ0) is 13.1. The van der Waals surface area contributed by atoms with Gasteiger partial charge in [0, 0.05) is 19.1 Å². The SMILES string of the molecule is CNCC1CCCN1C(=O)c1cccc(F)c1Cl. The molecule has 0 saturated carbocycles. The number of carbonyl (C=O) groups is 1. The number of halogens is 2. The molecule has 1 heterocycles. The van der Waals surface area contributed by atoms with Crippen LogP contribution in [-0.2, 0) is 0 Å². The van der Waals surface area contributed by atoms with Gasteiger partial charge in [-0.15, -0.1) is 0 Å². The van der Waals surface area contributed by atoms with Gasteiger partial charge in [0.25, 0.3) is 5.91 Å². The van der Waals surface area contributed by atoms with E-state index in [2.05, 4.69) is 5.32 Å². The number of likely N-dealkylation sites (tertiary alicyclic amines) is 1. The van der Waals surface area contributed by atoms with Gasteiger partial charge in [0.05, 0.1) is 10.6 Å². The van der Waals surface area contributed by atoms with Gasteiger partial charge in [0.2, 0.25) is 0 Å². The third-order valence-corrected chi connectivity index (χ3v) is 3.64. The van der Waals surface area contributed by atoms with E-state index < -0.39 is 5.82 Å². The summed E-state index contributed by atoms with van der Waals surface area (Å²) in [4.78, 5) is 14.1. The molecule has 1 aliphatic heterocycles. The second-order valence-corrected chi connectivity index (χ2v) is 4.83. The van der Waals surface area contributed by atoms with Crippen molar-refractivity contribution in [3.63, 3.8) is 0 Å². The molecule has 18 heavy (non-hydrogen) atoms. The number of carbonyl (C=O) groups excluding carboxylic acids is 1. The molecule has 1 aromatic rings. The lowest BCUT2D eigenvalue weighted by Gasteiger charge is -2.25. The summed E-state index contributed by atoms with van der Waals surface area (Å²) in [5.41, 5.74) is 0.250. The van der Waals surface area contributed by atoms with Crippen LogP contribution >= 0.6 is 11.6 Å². The van der Waals surface area contributed by atoms with Gasteiger partial charge in [0.15, 0.2) is 0 Å². The first-order valence-electron chi connectivity index (χ1n) is 6.04. The molecule has 0 spiro atoms. The third kappa shape index (κ3) is 2.49. The van der Waals surface area contributed by atoms with Crippen LogP contribution in [0, 0.1) is 5.82 Å². The average molecular weight is 271 g/mol. The van der Waals surface area contributed by atoms with E-state index in [0.29, 0.717) is 6.54 Å². The molecule has 1 atom stereocenters. The minimum Gasteiger partial charge on any atom is -0.334 e. The van der Waals surface area contributed by atoms with Gasteiger partial charge in [0.1, 0.15) is 5.82 Å². The summed E-state index contributed by atoms with van der Waals surface area (Å²) in [6, 6.07) is 4.51. The van der Waals surface area contributed by atoms with E-state index in [1.54, 1.807) is 11.0 Å². The molecule has 1 saturated heterocycles. The molecule has 0 radical (unpaired) electrons. The molecular weight excluding hydrogens is 255 g/mol. The van der Waals surface area contributed by atoms with Crippen LogP contribution in [0.1, 0.15) is 23.2 Å². The van der Waals surface area contributed by atoms with Gasteiger partial charge in [-0.25, -0.2) is 4.39 Å². The molecule has 1 N–H and O–H groups in total. The smallest absolute Gasteiger partial charge is 0.255 e. The first-order valence-corrected chi connectivity index (χ1v) is 6.42. The Bertz CT molecular complexity index is 453. The Kier molecular flexibility index (Phi) is 4.19. The van der Waals surface area contributed by atoms with E-state index >= 15 is 0 Å². The molecule has 0 aliphatic carbocycles. The van der Waals surface area contributed by atoms with Crippen LogP contribution < -0.4 is 5.32 Å². The summed E-state index contributed by atoms with van der Waals surface area (Å²) >= 11 is 5.85. The van der Waals surface area contributed by atoms with E-state index in [9.17, 15) is 9.18 Å². The Labute approximate surface area is 111 Å². The maximum atomic E-state index is 13.4. The van der Waals surface area contributed by atoms with E-state index in [-0.39, 0.29) is 22.5 Å². The van der Waals surface area contributed by atoms with Crippen LogP contribution in [0.15, 0.2) is 18.2 Å². The Morgan fingerprint density at radius 3 is 3.11 bits per heavy atom. The van der Waals surface area contributed by atoms with Crippen LogP contribution in [-0.4, -0.2) is 37.0 Å². The van der Waals surface area contributed by atoms with Crippen LogP contribution in [0.3, 0.4) is 0 Å². The van der Waals surface area contributed by atoms with Crippen LogP contribution in [0.25, 0.3) is 0 Å². The maximum Gasteiger partial charge on any atom is 0.255 e. The molecule has 3 nitrogen and oxygen atoms in total. The Balaban J connectivity index is 2.23. The topological polar surface area (TPSA) is 32.3 Å². The molecule has 1 aromatic carbocycles. The third-order valence-electron chi connectivity index (χ3n) is 3.26. The second kappa shape index (κ2) is 5.67. The van der Waals surface area contributed by atoms with Crippen LogP contribution in [0.5, 0.6) is 0 Å². The van der Waals surface area contributed by atoms with Gasteiger partial charge in [-0.2, -0.15) is 0 Å². The van der Waals surface area contributed by atoms with Gasteiger partial charge in [-0.05, 0) is 32.0 Å². The Hall–Kier alpha value is -1.13. The number of benzene rings is 1. The summed E-state index contributed by atoms with van der Waals surface area (Å²) in [6.45, 7) is 1.46. The van der Waals surface area contributed by atoms with Crippen LogP contribution in [0.2, 0.25) is 5.02 Å². The number of amides is 1. The largest absolute Gasteiger partial charge is 0.334 e. The lowest BCUT2D eigenvalue weighted by Crippen LogP contribution is -2.41. The maximum absolute atomic E-state index is 13.4. The molecular formula is C13H16ClFN2O. The molecule has 98 valence electrons. The molecule has 0 bridgehead atoms. The fourth-order valence-electron chi connectivity index (χ4n) is 2.37. The van der Waals surface area contributed by atoms with Gasteiger partial charge in [-0.1, -0.05) is 17.7 Å². The summed E-state index contributed by atoms with van der Waals surface area (Å²) in [5, 5.41) is 2.99. The summed E-state index contributed by atoms with van der Waals surface area (Å²) in [6.07, 6.45) is 1.95. The van der Waals surface area contributed by atoms with Gasteiger partial charge < -0.3 is 10.2 Å². The number of likely N-dealkylation sites (N-methyl/N-ethyl adjacent to an activating group) is 1. The highest BCUT2D eigenvalue weighted by Crippen LogP contribution is 2.25. The lowest BCUT2D eigenvalue weighted by molar-refractivity contribution is 0.0736. The van der Waals surface area contributed by atoms with Crippen molar-refractivity contribution in [1.82, 2.24) is 10.2 Å². The lowest BCUT2D eigenvalue weighted by atomic mass is 10.1. The molecule has 5 heteroatoms. The fourth-order valence-corrected chi connectivity index (χ4v) is 2.58. The molecule has 1 aliphatic rings. The average Bonchev–Trinajstić information content (AvgIpc) is 2.80. The molecule has 2 rings (SSSR count). The summed E-state index contributed by atoms with van der Waals surface area (Å²) in [7, 11) is 1.86. The first-order chi connectivity index (χ1) is 8.65. The molecule has 1 unspecified atom stereocenters. The predicted octanol–water partition coefficient (Wildman–Crippen LogP) is 2.30. The number of hydrogen-bond acceptors (Lipinski definition) is 2. The standard InChI is InChI=1S/C13H16ClFN2O/c1-16-8-9-4-3-7-17(9)13(18)10-5-2-6-11(15)12(10)14/h2,5-6,9,16H,3-4,7-8H2,1H3. The van der Waals surface area contributed by atoms with Crippen molar-refractivity contribution in [2.24, 2.45) is 0 Å². The number of nitrogens with zero attached hydrogens (tertiary/aromatic N) is 1. The van der Waals surface area contributed by atoms with Crippen molar-refractivity contribution in [1.29, 1.82) is 0 Å². The Morgan fingerprint density at radius 1 is 1.61 bits per heavy atom. The van der Waals surface area contributed by atoms with Gasteiger partial charge >= 0.3 is 0 Å².